The van der Waals surface area contributed by atoms with E-state index in [1.807, 2.05) is 19.9 Å². The fraction of sp³-hybridized carbons (Fsp3) is 0.467. The number of aromatic amines is 1. The monoisotopic (exact) mass is 289 g/mol. The van der Waals surface area contributed by atoms with Crippen LogP contribution in [0, 0.1) is 6.92 Å². The van der Waals surface area contributed by atoms with Crippen LogP contribution >= 0.6 is 11.3 Å². The molecule has 1 aliphatic carbocycles. The fourth-order valence-electron chi connectivity index (χ4n) is 2.59. The number of carbonyl (C=O) groups excluding carboxylic acids is 1. The van der Waals surface area contributed by atoms with Gasteiger partial charge in [-0.05, 0) is 45.6 Å². The molecule has 2 aromatic rings. The molecule has 1 atom stereocenters. The average Bonchev–Trinajstić information content (AvgIpc) is 3.04. The van der Waals surface area contributed by atoms with Gasteiger partial charge < -0.3 is 10.3 Å². The van der Waals surface area contributed by atoms with E-state index in [-0.39, 0.29) is 11.9 Å². The maximum absolute atomic E-state index is 12.2. The molecule has 1 amide bonds. The van der Waals surface area contributed by atoms with Crippen LogP contribution in [0.25, 0.3) is 0 Å². The topological polar surface area (TPSA) is 57.8 Å². The zero-order chi connectivity index (χ0) is 14.1. The Morgan fingerprint density at radius 3 is 2.95 bits per heavy atom. The van der Waals surface area contributed by atoms with Crippen LogP contribution in [0.4, 0.5) is 0 Å². The van der Waals surface area contributed by atoms with Crippen molar-refractivity contribution in [1.82, 2.24) is 15.3 Å². The minimum absolute atomic E-state index is 0.0348. The number of nitrogens with one attached hydrogen (secondary N) is 2. The second-order valence-corrected chi connectivity index (χ2v) is 6.46. The third-order valence-electron chi connectivity index (χ3n) is 3.78. The Balaban J connectivity index is 1.73. The van der Waals surface area contributed by atoms with Gasteiger partial charge in [0.25, 0.3) is 5.91 Å². The minimum atomic E-state index is -0.0376. The van der Waals surface area contributed by atoms with Crippen molar-refractivity contribution in [3.63, 3.8) is 0 Å². The molecule has 4 nitrogen and oxygen atoms in total. The number of hydrogen-bond acceptors (Lipinski definition) is 3. The number of H-pyrrole nitrogens is 1. The van der Waals surface area contributed by atoms with Crippen LogP contribution in [0.2, 0.25) is 0 Å². The molecule has 2 N–H and O–H groups in total. The number of nitrogens with zero attached hydrogens (tertiary/aromatic N) is 1. The van der Waals surface area contributed by atoms with E-state index in [4.69, 9.17) is 4.98 Å². The lowest BCUT2D eigenvalue weighted by atomic mass is 10.0. The molecular formula is C15H19N3OS. The van der Waals surface area contributed by atoms with E-state index in [0.717, 1.165) is 23.5 Å². The van der Waals surface area contributed by atoms with Crippen LogP contribution in [0.3, 0.4) is 0 Å². The van der Waals surface area contributed by atoms with Gasteiger partial charge in [0.15, 0.2) is 0 Å². The summed E-state index contributed by atoms with van der Waals surface area (Å²) in [7, 11) is 0. The van der Waals surface area contributed by atoms with Crippen molar-refractivity contribution in [2.45, 2.75) is 45.6 Å². The molecule has 20 heavy (non-hydrogen) atoms. The summed E-state index contributed by atoms with van der Waals surface area (Å²) in [6.07, 6.45) is 6.52. The number of aryl methyl sites for hydroxylation is 3. The molecule has 0 aliphatic heterocycles. The predicted molar refractivity (Wildman–Crippen MR) is 80.2 cm³/mol. The Bertz CT molecular complexity index is 605. The SMILES string of the molecule is Cc1[nH]ccc1C(=O)N[C@@H](C)c1nc2c(s1)CCCC2. The van der Waals surface area contributed by atoms with Crippen LogP contribution in [0.5, 0.6) is 0 Å². The van der Waals surface area contributed by atoms with Gasteiger partial charge in [0, 0.05) is 16.8 Å². The van der Waals surface area contributed by atoms with Gasteiger partial charge in [0.05, 0.1) is 17.3 Å². The zero-order valence-corrected chi connectivity index (χ0v) is 12.6. The first-order chi connectivity index (χ1) is 9.65. The van der Waals surface area contributed by atoms with Gasteiger partial charge in [0.2, 0.25) is 0 Å². The van der Waals surface area contributed by atoms with Crippen molar-refractivity contribution in [3.8, 4) is 0 Å². The number of hydrogen-bond donors (Lipinski definition) is 2. The summed E-state index contributed by atoms with van der Waals surface area (Å²) in [5, 5.41) is 4.06. The Labute approximate surface area is 122 Å². The largest absolute Gasteiger partial charge is 0.365 e. The summed E-state index contributed by atoms with van der Waals surface area (Å²) in [4.78, 5) is 21.3. The summed E-state index contributed by atoms with van der Waals surface area (Å²) < 4.78 is 0. The number of thiazole rings is 1. The normalized spacial score (nSPS) is 15.7. The number of amides is 1. The number of aromatic nitrogens is 2. The molecule has 0 fully saturated rings. The highest BCUT2D eigenvalue weighted by molar-refractivity contribution is 7.11. The predicted octanol–water partition coefficient (Wildman–Crippen LogP) is 3.15. The minimum Gasteiger partial charge on any atom is -0.365 e. The van der Waals surface area contributed by atoms with E-state index in [1.165, 1.54) is 23.4 Å². The highest BCUT2D eigenvalue weighted by atomic mass is 32.1. The fourth-order valence-corrected chi connectivity index (χ4v) is 3.75. The molecule has 106 valence electrons. The Kier molecular flexibility index (Phi) is 3.61. The van der Waals surface area contributed by atoms with Crippen LogP contribution in [-0.2, 0) is 12.8 Å². The first-order valence-electron chi connectivity index (χ1n) is 7.08. The molecule has 0 saturated heterocycles. The van der Waals surface area contributed by atoms with Gasteiger partial charge >= 0.3 is 0 Å². The Hall–Kier alpha value is -1.62. The molecule has 0 unspecified atom stereocenters. The van der Waals surface area contributed by atoms with E-state index in [9.17, 15) is 4.79 Å². The maximum Gasteiger partial charge on any atom is 0.253 e. The van der Waals surface area contributed by atoms with Gasteiger partial charge in [-0.1, -0.05) is 0 Å². The highest BCUT2D eigenvalue weighted by Gasteiger charge is 2.20. The molecule has 2 aromatic heterocycles. The lowest BCUT2D eigenvalue weighted by Crippen LogP contribution is -2.26. The quantitative estimate of drug-likeness (QED) is 0.912. The average molecular weight is 289 g/mol. The van der Waals surface area contributed by atoms with E-state index < -0.39 is 0 Å². The van der Waals surface area contributed by atoms with Gasteiger partial charge in [-0.2, -0.15) is 0 Å². The van der Waals surface area contributed by atoms with E-state index in [2.05, 4.69) is 10.3 Å². The van der Waals surface area contributed by atoms with E-state index in [1.54, 1.807) is 17.5 Å². The van der Waals surface area contributed by atoms with Crippen molar-refractivity contribution >= 4 is 17.2 Å². The van der Waals surface area contributed by atoms with Crippen LogP contribution in [0.1, 0.15) is 57.4 Å². The lowest BCUT2D eigenvalue weighted by Gasteiger charge is -2.10. The molecule has 3 rings (SSSR count). The molecular weight excluding hydrogens is 270 g/mol. The van der Waals surface area contributed by atoms with Gasteiger partial charge in [-0.15, -0.1) is 11.3 Å². The number of carbonyl (C=O) groups is 1. The molecule has 1 aliphatic rings. The molecule has 0 saturated carbocycles. The Morgan fingerprint density at radius 1 is 1.45 bits per heavy atom. The summed E-state index contributed by atoms with van der Waals surface area (Å²) >= 11 is 1.75. The van der Waals surface area contributed by atoms with Crippen molar-refractivity contribution in [1.29, 1.82) is 0 Å². The third kappa shape index (κ3) is 2.50. The molecule has 5 heteroatoms. The van der Waals surface area contributed by atoms with Crippen LogP contribution in [0.15, 0.2) is 12.3 Å². The molecule has 0 radical (unpaired) electrons. The number of rotatable bonds is 3. The lowest BCUT2D eigenvalue weighted by molar-refractivity contribution is 0.0939. The van der Waals surface area contributed by atoms with Gasteiger partial charge in [0.1, 0.15) is 5.01 Å². The molecule has 2 heterocycles. The van der Waals surface area contributed by atoms with Crippen molar-refractivity contribution in [2.75, 3.05) is 0 Å². The first-order valence-corrected chi connectivity index (χ1v) is 7.90. The summed E-state index contributed by atoms with van der Waals surface area (Å²) in [5.41, 5.74) is 2.85. The molecule has 0 spiro atoms. The van der Waals surface area contributed by atoms with Gasteiger partial charge in [-0.3, -0.25) is 4.79 Å². The van der Waals surface area contributed by atoms with Crippen molar-refractivity contribution < 1.29 is 4.79 Å². The van der Waals surface area contributed by atoms with Crippen LogP contribution in [-0.4, -0.2) is 15.9 Å². The standard InChI is InChI=1S/C15H19N3OS/c1-9-11(7-8-16-9)14(19)17-10(2)15-18-12-5-3-4-6-13(12)20-15/h7-8,10,16H,3-6H2,1-2H3,(H,17,19)/t10-/m0/s1. The maximum atomic E-state index is 12.2. The van der Waals surface area contributed by atoms with Crippen molar-refractivity contribution in [3.05, 3.63) is 39.1 Å². The second kappa shape index (κ2) is 5.40. The highest BCUT2D eigenvalue weighted by Crippen LogP contribution is 2.29. The van der Waals surface area contributed by atoms with E-state index >= 15 is 0 Å². The second-order valence-electron chi connectivity index (χ2n) is 5.34. The third-order valence-corrected chi connectivity index (χ3v) is 5.12. The summed E-state index contributed by atoms with van der Waals surface area (Å²) in [6, 6.07) is 1.77. The van der Waals surface area contributed by atoms with E-state index in [0.29, 0.717) is 5.56 Å². The summed E-state index contributed by atoms with van der Waals surface area (Å²) in [5.74, 6) is -0.0376. The smallest absolute Gasteiger partial charge is 0.253 e. The summed E-state index contributed by atoms with van der Waals surface area (Å²) in [6.45, 7) is 3.91. The molecule has 0 aromatic carbocycles. The van der Waals surface area contributed by atoms with Crippen molar-refractivity contribution in [2.24, 2.45) is 0 Å². The number of fused-ring (bicyclic) bond motifs is 1. The zero-order valence-electron chi connectivity index (χ0n) is 11.8. The van der Waals surface area contributed by atoms with Crippen LogP contribution < -0.4 is 5.32 Å². The first kappa shape index (κ1) is 13.4. The molecule has 0 bridgehead atoms. The van der Waals surface area contributed by atoms with Gasteiger partial charge in [-0.25, -0.2) is 4.98 Å². The Morgan fingerprint density at radius 2 is 2.25 bits per heavy atom.